The van der Waals surface area contributed by atoms with Crippen molar-refractivity contribution in [2.24, 2.45) is 4.99 Å². The zero-order chi connectivity index (χ0) is 21.9. The van der Waals surface area contributed by atoms with Crippen molar-refractivity contribution < 1.29 is 9.53 Å². The van der Waals surface area contributed by atoms with Crippen molar-refractivity contribution in [2.45, 2.75) is 39.2 Å². The Hall–Kier alpha value is -3.02. The number of amides is 1. The van der Waals surface area contributed by atoms with Crippen LogP contribution in [0.3, 0.4) is 0 Å². The van der Waals surface area contributed by atoms with E-state index in [0.29, 0.717) is 6.54 Å². The number of para-hydroxylation sites is 1. The minimum atomic E-state index is 0.140. The zero-order valence-corrected chi connectivity index (χ0v) is 18.7. The van der Waals surface area contributed by atoms with Crippen LogP contribution in [0.25, 0.3) is 0 Å². The van der Waals surface area contributed by atoms with Gasteiger partial charge in [0.15, 0.2) is 5.96 Å². The van der Waals surface area contributed by atoms with Crippen LogP contribution in [0.2, 0.25) is 0 Å². The molecule has 6 nitrogen and oxygen atoms in total. The molecule has 166 valence electrons. The first-order chi connectivity index (χ1) is 15.2. The van der Waals surface area contributed by atoms with Crippen LogP contribution in [0.4, 0.5) is 0 Å². The molecule has 3 rings (SSSR count). The molecule has 1 heterocycles. The first-order valence-corrected chi connectivity index (χ1v) is 11.2. The number of nitrogens with zero attached hydrogens (tertiary/aromatic N) is 2. The van der Waals surface area contributed by atoms with E-state index in [4.69, 9.17) is 4.74 Å². The summed E-state index contributed by atoms with van der Waals surface area (Å²) in [6, 6.07) is 15.9. The first-order valence-electron chi connectivity index (χ1n) is 11.2. The normalized spacial score (nSPS) is 14.3. The SMILES string of the molecule is CCNC(=NCc1ccc(C(=O)N2CCCCC2)cc1)NCCc1ccccc1OC. The van der Waals surface area contributed by atoms with Crippen molar-refractivity contribution in [1.29, 1.82) is 0 Å². The summed E-state index contributed by atoms with van der Waals surface area (Å²) in [7, 11) is 1.70. The Balaban J connectivity index is 1.54. The molecule has 1 fully saturated rings. The number of rotatable bonds is 8. The van der Waals surface area contributed by atoms with Crippen LogP contribution < -0.4 is 15.4 Å². The molecule has 1 saturated heterocycles. The Morgan fingerprint density at radius 1 is 1.03 bits per heavy atom. The number of carbonyl (C=O) groups excluding carboxylic acids is 1. The summed E-state index contributed by atoms with van der Waals surface area (Å²) in [5, 5.41) is 6.67. The number of benzene rings is 2. The van der Waals surface area contributed by atoms with Gasteiger partial charge < -0.3 is 20.3 Å². The number of aliphatic imine (C=N–C) groups is 1. The minimum absolute atomic E-state index is 0.140. The minimum Gasteiger partial charge on any atom is -0.496 e. The Morgan fingerprint density at radius 3 is 2.48 bits per heavy atom. The summed E-state index contributed by atoms with van der Waals surface area (Å²) in [5.41, 5.74) is 3.01. The van der Waals surface area contributed by atoms with E-state index in [2.05, 4.69) is 28.6 Å². The van der Waals surface area contributed by atoms with Gasteiger partial charge in [0.05, 0.1) is 13.7 Å². The van der Waals surface area contributed by atoms with Gasteiger partial charge in [0.25, 0.3) is 5.91 Å². The molecule has 0 radical (unpaired) electrons. The highest BCUT2D eigenvalue weighted by atomic mass is 16.5. The number of hydrogen-bond acceptors (Lipinski definition) is 3. The molecule has 0 unspecified atom stereocenters. The van der Waals surface area contributed by atoms with E-state index in [1.165, 1.54) is 12.0 Å². The molecule has 2 aromatic carbocycles. The third-order valence-electron chi connectivity index (χ3n) is 5.49. The van der Waals surface area contributed by atoms with Gasteiger partial charge in [-0.25, -0.2) is 4.99 Å². The summed E-state index contributed by atoms with van der Waals surface area (Å²) in [4.78, 5) is 19.3. The maximum absolute atomic E-state index is 12.6. The zero-order valence-electron chi connectivity index (χ0n) is 18.7. The molecule has 31 heavy (non-hydrogen) atoms. The van der Waals surface area contributed by atoms with Crippen LogP contribution >= 0.6 is 0 Å². The molecule has 0 spiro atoms. The second-order valence-electron chi connectivity index (χ2n) is 7.73. The molecule has 1 aliphatic heterocycles. The molecular formula is C25H34N4O2. The van der Waals surface area contributed by atoms with Gasteiger partial charge in [-0.15, -0.1) is 0 Å². The second-order valence-corrected chi connectivity index (χ2v) is 7.73. The number of carbonyl (C=O) groups is 1. The fourth-order valence-electron chi connectivity index (χ4n) is 3.77. The predicted molar refractivity (Wildman–Crippen MR) is 126 cm³/mol. The molecule has 6 heteroatoms. The Kier molecular flexibility index (Phi) is 8.76. The molecule has 0 aromatic heterocycles. The molecule has 1 amide bonds. The van der Waals surface area contributed by atoms with Gasteiger partial charge in [0, 0.05) is 31.7 Å². The maximum atomic E-state index is 12.6. The predicted octanol–water partition coefficient (Wildman–Crippen LogP) is 3.62. The van der Waals surface area contributed by atoms with Crippen molar-refractivity contribution in [3.05, 3.63) is 65.2 Å². The number of nitrogens with one attached hydrogen (secondary N) is 2. The fourth-order valence-corrected chi connectivity index (χ4v) is 3.77. The van der Waals surface area contributed by atoms with E-state index in [1.54, 1.807) is 7.11 Å². The molecule has 0 aliphatic carbocycles. The third-order valence-corrected chi connectivity index (χ3v) is 5.49. The van der Waals surface area contributed by atoms with Crippen molar-refractivity contribution in [3.8, 4) is 5.75 Å². The van der Waals surface area contributed by atoms with Gasteiger partial charge in [0.1, 0.15) is 5.75 Å². The highest BCUT2D eigenvalue weighted by Crippen LogP contribution is 2.17. The number of piperidine rings is 1. The molecule has 0 atom stereocenters. The summed E-state index contributed by atoms with van der Waals surface area (Å²) in [6.45, 7) is 5.91. The average Bonchev–Trinajstić information content (AvgIpc) is 2.83. The van der Waals surface area contributed by atoms with E-state index in [9.17, 15) is 4.79 Å². The molecule has 2 aromatic rings. The molecule has 0 bridgehead atoms. The van der Waals surface area contributed by atoms with Crippen LogP contribution in [0, 0.1) is 0 Å². The van der Waals surface area contributed by atoms with Gasteiger partial charge in [-0.2, -0.15) is 0 Å². The average molecular weight is 423 g/mol. The van der Waals surface area contributed by atoms with Crippen LogP contribution in [0.5, 0.6) is 5.75 Å². The smallest absolute Gasteiger partial charge is 0.253 e. The van der Waals surface area contributed by atoms with Gasteiger partial charge in [-0.1, -0.05) is 30.3 Å². The Labute approximate surface area is 185 Å². The van der Waals surface area contributed by atoms with E-state index < -0.39 is 0 Å². The number of ether oxygens (including phenoxy) is 1. The fraction of sp³-hybridized carbons (Fsp3) is 0.440. The monoisotopic (exact) mass is 422 g/mol. The summed E-state index contributed by atoms with van der Waals surface area (Å²) in [5.74, 6) is 1.83. The number of hydrogen-bond donors (Lipinski definition) is 2. The van der Waals surface area contributed by atoms with Gasteiger partial charge >= 0.3 is 0 Å². The molecule has 2 N–H and O–H groups in total. The van der Waals surface area contributed by atoms with Crippen LogP contribution in [0.1, 0.15) is 47.7 Å². The van der Waals surface area contributed by atoms with Gasteiger partial charge in [-0.05, 0) is 61.9 Å². The van der Waals surface area contributed by atoms with Crippen molar-refractivity contribution in [2.75, 3.05) is 33.3 Å². The van der Waals surface area contributed by atoms with Crippen LogP contribution in [0.15, 0.2) is 53.5 Å². The van der Waals surface area contributed by atoms with Crippen molar-refractivity contribution >= 4 is 11.9 Å². The quantitative estimate of drug-likeness (QED) is 0.504. The van der Waals surface area contributed by atoms with Crippen molar-refractivity contribution in [1.82, 2.24) is 15.5 Å². The van der Waals surface area contributed by atoms with Crippen molar-refractivity contribution in [3.63, 3.8) is 0 Å². The molecular weight excluding hydrogens is 388 g/mol. The maximum Gasteiger partial charge on any atom is 0.253 e. The van der Waals surface area contributed by atoms with Gasteiger partial charge in [0.2, 0.25) is 0 Å². The topological polar surface area (TPSA) is 66.0 Å². The van der Waals surface area contributed by atoms with E-state index >= 15 is 0 Å². The van der Waals surface area contributed by atoms with Gasteiger partial charge in [-0.3, -0.25) is 4.79 Å². The summed E-state index contributed by atoms with van der Waals surface area (Å²) in [6.07, 6.45) is 4.29. The number of likely N-dealkylation sites (tertiary alicyclic amines) is 1. The van der Waals surface area contributed by atoms with Crippen LogP contribution in [-0.4, -0.2) is 50.1 Å². The second kappa shape index (κ2) is 12.0. The van der Waals surface area contributed by atoms with E-state index in [-0.39, 0.29) is 5.91 Å². The van der Waals surface area contributed by atoms with Crippen LogP contribution in [-0.2, 0) is 13.0 Å². The first kappa shape index (κ1) is 22.7. The number of methoxy groups -OCH3 is 1. The lowest BCUT2D eigenvalue weighted by Gasteiger charge is -2.26. The summed E-state index contributed by atoms with van der Waals surface area (Å²) < 4.78 is 5.42. The standard InChI is InChI=1S/C25H34N4O2/c1-3-26-25(27-16-15-21-9-5-6-10-23(21)31-2)28-19-20-11-13-22(14-12-20)24(30)29-17-7-4-8-18-29/h5-6,9-14H,3-4,7-8,15-19H2,1-2H3,(H2,26,27,28). The van der Waals surface area contributed by atoms with E-state index in [0.717, 1.165) is 68.3 Å². The Bertz CT molecular complexity index is 858. The lowest BCUT2D eigenvalue weighted by Crippen LogP contribution is -2.38. The third kappa shape index (κ3) is 6.74. The number of guanidine groups is 1. The molecule has 1 aliphatic rings. The lowest BCUT2D eigenvalue weighted by molar-refractivity contribution is 0.0724. The largest absolute Gasteiger partial charge is 0.496 e. The highest BCUT2D eigenvalue weighted by molar-refractivity contribution is 5.94. The summed E-state index contributed by atoms with van der Waals surface area (Å²) >= 11 is 0. The lowest BCUT2D eigenvalue weighted by atomic mass is 10.1. The molecule has 0 saturated carbocycles. The highest BCUT2D eigenvalue weighted by Gasteiger charge is 2.17. The van der Waals surface area contributed by atoms with E-state index in [1.807, 2.05) is 47.4 Å². The Morgan fingerprint density at radius 2 is 1.77 bits per heavy atom.